The Morgan fingerprint density at radius 1 is 0.593 bits per heavy atom. The fourth-order valence-corrected chi connectivity index (χ4v) is 3.62. The molecule has 0 spiro atoms. The quantitative estimate of drug-likeness (QED) is 0.374. The average molecular weight is 347 g/mol. The second kappa shape index (κ2) is 6.26. The molecule has 0 saturated carbocycles. The largest absolute Gasteiger partial charge is 0.506 e. The summed E-state index contributed by atoms with van der Waals surface area (Å²) in [5, 5.41) is 15.9. The molecule has 0 bridgehead atoms. The zero-order valence-corrected chi connectivity index (χ0v) is 14.6. The highest BCUT2D eigenvalue weighted by atomic mass is 16.3. The zero-order chi connectivity index (χ0) is 18.2. The third kappa shape index (κ3) is 2.72. The molecule has 0 radical (unpaired) electrons. The van der Waals surface area contributed by atoms with E-state index in [1.807, 2.05) is 30.3 Å². The summed E-state index contributed by atoms with van der Waals surface area (Å²) in [5.74, 6) is 0.208. The van der Waals surface area contributed by atoms with E-state index in [1.165, 1.54) is 21.5 Å². The fourth-order valence-electron chi connectivity index (χ4n) is 3.62. The molecule has 0 saturated heterocycles. The molecule has 5 rings (SSSR count). The van der Waals surface area contributed by atoms with Crippen molar-refractivity contribution in [1.29, 1.82) is 0 Å². The molecule has 128 valence electrons. The number of aromatic nitrogens is 1. The van der Waals surface area contributed by atoms with Gasteiger partial charge in [0.1, 0.15) is 11.3 Å². The summed E-state index contributed by atoms with van der Waals surface area (Å²) in [7, 11) is 0. The van der Waals surface area contributed by atoms with Gasteiger partial charge in [0.05, 0.1) is 5.69 Å². The minimum atomic E-state index is 0.208. The first kappa shape index (κ1) is 15.6. The summed E-state index contributed by atoms with van der Waals surface area (Å²) in [4.78, 5) is 4.58. The Labute approximate surface area is 157 Å². The van der Waals surface area contributed by atoms with E-state index in [9.17, 15) is 5.11 Å². The number of pyridine rings is 1. The third-order valence-electron chi connectivity index (χ3n) is 4.97. The van der Waals surface area contributed by atoms with Gasteiger partial charge in [0, 0.05) is 5.39 Å². The molecule has 27 heavy (non-hydrogen) atoms. The molecule has 1 heterocycles. The number of rotatable bonds is 2. The van der Waals surface area contributed by atoms with Crippen molar-refractivity contribution in [3.63, 3.8) is 0 Å². The van der Waals surface area contributed by atoms with E-state index >= 15 is 0 Å². The van der Waals surface area contributed by atoms with Crippen LogP contribution in [0.3, 0.4) is 0 Å². The third-order valence-corrected chi connectivity index (χ3v) is 4.97. The molecule has 5 aromatic rings. The van der Waals surface area contributed by atoms with Crippen molar-refractivity contribution in [3.8, 4) is 5.75 Å². The number of hydrogen-bond donors (Lipinski definition) is 1. The van der Waals surface area contributed by atoms with Crippen LogP contribution >= 0.6 is 0 Å². The highest BCUT2D eigenvalue weighted by molar-refractivity contribution is 6.10. The van der Waals surface area contributed by atoms with Crippen molar-refractivity contribution in [1.82, 2.24) is 4.98 Å². The van der Waals surface area contributed by atoms with Crippen LogP contribution in [0.2, 0.25) is 0 Å². The number of hydrogen-bond acceptors (Lipinski definition) is 2. The lowest BCUT2D eigenvalue weighted by atomic mass is 9.98. The molecule has 2 nitrogen and oxygen atoms in total. The van der Waals surface area contributed by atoms with Crippen LogP contribution in [0.25, 0.3) is 44.6 Å². The minimum absolute atomic E-state index is 0.208. The summed E-state index contributed by atoms with van der Waals surface area (Å²) in [6, 6.07) is 28.6. The van der Waals surface area contributed by atoms with Gasteiger partial charge < -0.3 is 5.11 Å². The number of benzene rings is 4. The smallest absolute Gasteiger partial charge is 0.141 e. The highest BCUT2D eigenvalue weighted by Gasteiger charge is 2.04. The summed E-state index contributed by atoms with van der Waals surface area (Å²) in [6.07, 6.45) is 4.08. The first-order valence-electron chi connectivity index (χ1n) is 8.97. The summed E-state index contributed by atoms with van der Waals surface area (Å²) >= 11 is 0. The first-order valence-corrected chi connectivity index (χ1v) is 8.97. The lowest BCUT2D eigenvalue weighted by Crippen LogP contribution is -1.84. The van der Waals surface area contributed by atoms with Crippen molar-refractivity contribution >= 4 is 44.6 Å². The van der Waals surface area contributed by atoms with Gasteiger partial charge in [-0.2, -0.15) is 0 Å². The van der Waals surface area contributed by atoms with Crippen LogP contribution in [-0.2, 0) is 0 Å². The molecule has 2 heteroatoms. The van der Waals surface area contributed by atoms with Crippen molar-refractivity contribution in [2.45, 2.75) is 0 Å². The second-order valence-electron chi connectivity index (χ2n) is 6.65. The predicted octanol–water partition coefficient (Wildman–Crippen LogP) is 6.42. The Hall–Kier alpha value is -3.65. The SMILES string of the molecule is Oc1cccc2ccc(C=Cc3cccc4c3ccc3ccccc34)nc12. The number of para-hydroxylation sites is 1. The van der Waals surface area contributed by atoms with E-state index in [2.05, 4.69) is 65.7 Å². The number of aromatic hydroxyl groups is 1. The van der Waals surface area contributed by atoms with Gasteiger partial charge in [-0.3, -0.25) is 0 Å². The van der Waals surface area contributed by atoms with Crippen molar-refractivity contribution < 1.29 is 5.11 Å². The Morgan fingerprint density at radius 3 is 2.33 bits per heavy atom. The summed E-state index contributed by atoms with van der Waals surface area (Å²) in [5.41, 5.74) is 2.60. The second-order valence-corrected chi connectivity index (χ2v) is 6.65. The van der Waals surface area contributed by atoms with Crippen LogP contribution in [-0.4, -0.2) is 10.1 Å². The Bertz CT molecular complexity index is 1330. The molecule has 0 unspecified atom stereocenters. The van der Waals surface area contributed by atoms with E-state index in [0.717, 1.165) is 16.6 Å². The van der Waals surface area contributed by atoms with Gasteiger partial charge in [0.15, 0.2) is 0 Å². The van der Waals surface area contributed by atoms with Gasteiger partial charge in [-0.15, -0.1) is 0 Å². The van der Waals surface area contributed by atoms with Crippen LogP contribution in [0.15, 0.2) is 84.9 Å². The lowest BCUT2D eigenvalue weighted by Gasteiger charge is -2.07. The minimum Gasteiger partial charge on any atom is -0.506 e. The predicted molar refractivity (Wildman–Crippen MR) is 114 cm³/mol. The van der Waals surface area contributed by atoms with Gasteiger partial charge in [-0.25, -0.2) is 4.98 Å². The maximum atomic E-state index is 10.0. The molecule has 0 aliphatic carbocycles. The molecule has 0 aliphatic heterocycles. The van der Waals surface area contributed by atoms with E-state index in [-0.39, 0.29) is 5.75 Å². The van der Waals surface area contributed by atoms with Crippen LogP contribution in [0.4, 0.5) is 0 Å². The average Bonchev–Trinajstić information content (AvgIpc) is 2.72. The van der Waals surface area contributed by atoms with E-state index in [4.69, 9.17) is 0 Å². The summed E-state index contributed by atoms with van der Waals surface area (Å²) in [6.45, 7) is 0. The monoisotopic (exact) mass is 347 g/mol. The number of phenolic OH excluding ortho intramolecular Hbond substituents is 1. The first-order chi connectivity index (χ1) is 13.3. The molecule has 0 fully saturated rings. The van der Waals surface area contributed by atoms with E-state index in [0.29, 0.717) is 5.52 Å². The number of fused-ring (bicyclic) bond motifs is 4. The van der Waals surface area contributed by atoms with Gasteiger partial charge in [0.25, 0.3) is 0 Å². The molecular formula is C25H17NO. The maximum absolute atomic E-state index is 10.0. The zero-order valence-electron chi connectivity index (χ0n) is 14.6. The normalized spacial score (nSPS) is 11.7. The maximum Gasteiger partial charge on any atom is 0.141 e. The van der Waals surface area contributed by atoms with Crippen molar-refractivity contribution in [2.24, 2.45) is 0 Å². The van der Waals surface area contributed by atoms with Gasteiger partial charge >= 0.3 is 0 Å². The molecule has 0 atom stereocenters. The fraction of sp³-hybridized carbons (Fsp3) is 0. The molecule has 1 aromatic heterocycles. The lowest BCUT2D eigenvalue weighted by molar-refractivity contribution is 0.480. The summed E-state index contributed by atoms with van der Waals surface area (Å²) < 4.78 is 0. The number of nitrogens with zero attached hydrogens (tertiary/aromatic N) is 1. The topological polar surface area (TPSA) is 33.1 Å². The van der Waals surface area contributed by atoms with E-state index < -0.39 is 0 Å². The van der Waals surface area contributed by atoms with Gasteiger partial charge in [0.2, 0.25) is 0 Å². The Kier molecular flexibility index (Phi) is 3.61. The molecule has 1 N–H and O–H groups in total. The van der Waals surface area contributed by atoms with Crippen LogP contribution < -0.4 is 0 Å². The molecule has 4 aromatic carbocycles. The Balaban J connectivity index is 1.62. The van der Waals surface area contributed by atoms with E-state index in [1.54, 1.807) is 6.07 Å². The number of phenols is 1. The molecule has 0 aliphatic rings. The van der Waals surface area contributed by atoms with Crippen molar-refractivity contribution in [3.05, 3.63) is 96.2 Å². The molecule has 0 amide bonds. The van der Waals surface area contributed by atoms with Crippen molar-refractivity contribution in [2.75, 3.05) is 0 Å². The Morgan fingerprint density at radius 2 is 1.37 bits per heavy atom. The standard InChI is InChI=1S/C25H17NO/c27-24-10-4-7-19-12-15-20(26-25(19)24)14-11-18-6-3-9-23-21-8-2-1-5-17(21)13-16-22(18)23/h1-16,27H. The van der Waals surface area contributed by atoms with Crippen LogP contribution in [0.5, 0.6) is 5.75 Å². The van der Waals surface area contributed by atoms with Crippen LogP contribution in [0, 0.1) is 0 Å². The molecular weight excluding hydrogens is 330 g/mol. The van der Waals surface area contributed by atoms with Crippen LogP contribution in [0.1, 0.15) is 11.3 Å². The highest BCUT2D eigenvalue weighted by Crippen LogP contribution is 2.29. The van der Waals surface area contributed by atoms with Gasteiger partial charge in [-0.1, -0.05) is 78.9 Å². The van der Waals surface area contributed by atoms with Gasteiger partial charge in [-0.05, 0) is 45.3 Å².